The standard InChI is InChI=1S/C29H33NO4/c31-29(24-11-15-27(16-12-24)34-22-21-33-26-9-5-2-6-10-26)30-25-13-17-28(18-14-25)32-20-19-23-7-3-1-4-8-23/h2,5-6,9-18,23H,1,3-4,7-8,19-22H2,(H,30,31). The van der Waals surface area contributed by atoms with Crippen molar-refractivity contribution in [3.05, 3.63) is 84.4 Å². The molecule has 5 nitrogen and oxygen atoms in total. The van der Waals surface area contributed by atoms with Gasteiger partial charge in [0.2, 0.25) is 0 Å². The molecular formula is C29H33NO4. The van der Waals surface area contributed by atoms with Crippen molar-refractivity contribution in [2.24, 2.45) is 5.92 Å². The average molecular weight is 460 g/mol. The largest absolute Gasteiger partial charge is 0.494 e. The Labute approximate surface area is 202 Å². The van der Waals surface area contributed by atoms with Crippen LogP contribution in [0.3, 0.4) is 0 Å². The Bertz CT molecular complexity index is 997. The van der Waals surface area contributed by atoms with Gasteiger partial charge in [-0.1, -0.05) is 50.3 Å². The smallest absolute Gasteiger partial charge is 0.255 e. The van der Waals surface area contributed by atoms with Crippen LogP contribution in [-0.2, 0) is 0 Å². The van der Waals surface area contributed by atoms with E-state index >= 15 is 0 Å². The van der Waals surface area contributed by atoms with Gasteiger partial charge in [0, 0.05) is 11.3 Å². The first-order valence-electron chi connectivity index (χ1n) is 12.2. The molecule has 1 aliphatic carbocycles. The van der Waals surface area contributed by atoms with Gasteiger partial charge in [0.05, 0.1) is 6.61 Å². The van der Waals surface area contributed by atoms with Gasteiger partial charge in [-0.15, -0.1) is 0 Å². The molecule has 0 atom stereocenters. The Morgan fingerprint density at radius 2 is 1.24 bits per heavy atom. The van der Waals surface area contributed by atoms with Gasteiger partial charge >= 0.3 is 0 Å². The van der Waals surface area contributed by atoms with Gasteiger partial charge in [-0.05, 0) is 73.0 Å². The van der Waals surface area contributed by atoms with Crippen LogP contribution in [0.1, 0.15) is 48.9 Å². The van der Waals surface area contributed by atoms with Crippen molar-refractivity contribution in [1.82, 2.24) is 0 Å². The second-order valence-corrected chi connectivity index (χ2v) is 8.65. The molecule has 1 N–H and O–H groups in total. The first-order valence-corrected chi connectivity index (χ1v) is 12.2. The van der Waals surface area contributed by atoms with Crippen molar-refractivity contribution >= 4 is 11.6 Å². The third-order valence-electron chi connectivity index (χ3n) is 6.11. The molecule has 178 valence electrons. The summed E-state index contributed by atoms with van der Waals surface area (Å²) < 4.78 is 17.2. The first-order chi connectivity index (χ1) is 16.8. The molecule has 5 heteroatoms. The van der Waals surface area contributed by atoms with Gasteiger partial charge in [0.15, 0.2) is 0 Å². The van der Waals surface area contributed by atoms with E-state index in [1.54, 1.807) is 24.3 Å². The van der Waals surface area contributed by atoms with Crippen LogP contribution in [0.25, 0.3) is 0 Å². The van der Waals surface area contributed by atoms with Gasteiger partial charge < -0.3 is 19.5 Å². The van der Waals surface area contributed by atoms with Crippen molar-refractivity contribution in [3.63, 3.8) is 0 Å². The van der Waals surface area contributed by atoms with Crippen molar-refractivity contribution < 1.29 is 19.0 Å². The molecule has 0 unspecified atom stereocenters. The Balaban J connectivity index is 1.17. The topological polar surface area (TPSA) is 56.8 Å². The van der Waals surface area contributed by atoms with Crippen LogP contribution in [0.15, 0.2) is 78.9 Å². The van der Waals surface area contributed by atoms with E-state index in [-0.39, 0.29) is 5.91 Å². The van der Waals surface area contributed by atoms with E-state index in [9.17, 15) is 4.79 Å². The molecule has 0 saturated heterocycles. The zero-order valence-electron chi connectivity index (χ0n) is 19.6. The highest BCUT2D eigenvalue weighted by Gasteiger charge is 2.13. The Kier molecular flexibility index (Phi) is 8.83. The summed E-state index contributed by atoms with van der Waals surface area (Å²) in [6.07, 6.45) is 7.90. The summed E-state index contributed by atoms with van der Waals surface area (Å²) in [5, 5.41) is 2.93. The number of anilines is 1. The molecule has 4 rings (SSSR count). The molecule has 0 aliphatic heterocycles. The van der Waals surface area contributed by atoms with Gasteiger partial charge in [-0.25, -0.2) is 0 Å². The average Bonchev–Trinajstić information content (AvgIpc) is 2.89. The summed E-state index contributed by atoms with van der Waals surface area (Å²) >= 11 is 0. The molecule has 1 amide bonds. The number of hydrogen-bond donors (Lipinski definition) is 1. The summed E-state index contributed by atoms with van der Waals surface area (Å²) in [4.78, 5) is 12.6. The molecule has 34 heavy (non-hydrogen) atoms. The number of para-hydroxylation sites is 1. The number of hydrogen-bond acceptors (Lipinski definition) is 4. The summed E-state index contributed by atoms with van der Waals surface area (Å²) in [7, 11) is 0. The van der Waals surface area contributed by atoms with Crippen molar-refractivity contribution in [1.29, 1.82) is 0 Å². The minimum absolute atomic E-state index is 0.162. The molecule has 1 fully saturated rings. The SMILES string of the molecule is O=C(Nc1ccc(OCCC2CCCCC2)cc1)c1ccc(OCCOc2ccccc2)cc1. The maximum absolute atomic E-state index is 12.6. The fourth-order valence-electron chi connectivity index (χ4n) is 4.20. The van der Waals surface area contributed by atoms with Gasteiger partial charge in [0.1, 0.15) is 30.5 Å². The summed E-state index contributed by atoms with van der Waals surface area (Å²) in [5.74, 6) is 3.00. The van der Waals surface area contributed by atoms with E-state index in [0.717, 1.165) is 36.1 Å². The first kappa shape index (κ1) is 23.7. The zero-order chi connectivity index (χ0) is 23.4. The Morgan fingerprint density at radius 1 is 0.676 bits per heavy atom. The minimum atomic E-state index is -0.162. The number of carbonyl (C=O) groups excluding carboxylic acids is 1. The number of rotatable bonds is 11. The van der Waals surface area contributed by atoms with Crippen LogP contribution in [0, 0.1) is 5.92 Å². The van der Waals surface area contributed by atoms with Crippen LogP contribution >= 0.6 is 0 Å². The molecular weight excluding hydrogens is 426 g/mol. The fourth-order valence-corrected chi connectivity index (χ4v) is 4.20. The van der Waals surface area contributed by atoms with Gasteiger partial charge in [-0.3, -0.25) is 4.79 Å². The van der Waals surface area contributed by atoms with Crippen molar-refractivity contribution in [2.45, 2.75) is 38.5 Å². The summed E-state index contributed by atoms with van der Waals surface area (Å²) in [5.41, 5.74) is 1.31. The van der Waals surface area contributed by atoms with E-state index in [0.29, 0.717) is 24.5 Å². The predicted molar refractivity (Wildman–Crippen MR) is 135 cm³/mol. The lowest BCUT2D eigenvalue weighted by Gasteiger charge is -2.21. The highest BCUT2D eigenvalue weighted by Crippen LogP contribution is 2.26. The lowest BCUT2D eigenvalue weighted by atomic mass is 9.87. The number of carbonyl (C=O) groups is 1. The number of benzene rings is 3. The summed E-state index contributed by atoms with van der Waals surface area (Å²) in [6.45, 7) is 1.63. The third-order valence-corrected chi connectivity index (χ3v) is 6.11. The highest BCUT2D eigenvalue weighted by atomic mass is 16.5. The molecule has 1 saturated carbocycles. The van der Waals surface area contributed by atoms with Crippen molar-refractivity contribution in [2.75, 3.05) is 25.1 Å². The summed E-state index contributed by atoms with van der Waals surface area (Å²) in [6, 6.07) is 24.3. The maximum Gasteiger partial charge on any atom is 0.255 e. The number of ether oxygens (including phenoxy) is 3. The van der Waals surface area contributed by atoms with E-state index in [1.165, 1.54) is 32.1 Å². The second-order valence-electron chi connectivity index (χ2n) is 8.65. The lowest BCUT2D eigenvalue weighted by Crippen LogP contribution is -2.12. The fraction of sp³-hybridized carbons (Fsp3) is 0.345. The van der Waals surface area contributed by atoms with Crippen LogP contribution in [0.2, 0.25) is 0 Å². The zero-order valence-corrected chi connectivity index (χ0v) is 19.6. The van der Waals surface area contributed by atoms with Crippen LogP contribution in [-0.4, -0.2) is 25.7 Å². The third kappa shape index (κ3) is 7.55. The molecule has 3 aromatic carbocycles. The number of nitrogens with one attached hydrogen (secondary N) is 1. The normalized spacial score (nSPS) is 13.8. The Hall–Kier alpha value is -3.47. The highest BCUT2D eigenvalue weighted by molar-refractivity contribution is 6.04. The van der Waals surface area contributed by atoms with E-state index in [1.807, 2.05) is 54.6 Å². The lowest BCUT2D eigenvalue weighted by molar-refractivity contribution is 0.102. The van der Waals surface area contributed by atoms with E-state index < -0.39 is 0 Å². The molecule has 1 aliphatic rings. The predicted octanol–water partition coefficient (Wildman–Crippen LogP) is 6.75. The van der Waals surface area contributed by atoms with Crippen molar-refractivity contribution in [3.8, 4) is 17.2 Å². The van der Waals surface area contributed by atoms with Crippen LogP contribution in [0.4, 0.5) is 5.69 Å². The quantitative estimate of drug-likeness (QED) is 0.322. The molecule has 0 radical (unpaired) electrons. The number of amides is 1. The molecule has 3 aromatic rings. The van der Waals surface area contributed by atoms with Crippen LogP contribution < -0.4 is 19.5 Å². The minimum Gasteiger partial charge on any atom is -0.494 e. The monoisotopic (exact) mass is 459 g/mol. The maximum atomic E-state index is 12.6. The van der Waals surface area contributed by atoms with E-state index in [2.05, 4.69) is 5.32 Å². The Morgan fingerprint density at radius 3 is 1.88 bits per heavy atom. The van der Waals surface area contributed by atoms with Gasteiger partial charge in [0.25, 0.3) is 5.91 Å². The molecule has 0 aromatic heterocycles. The van der Waals surface area contributed by atoms with E-state index in [4.69, 9.17) is 14.2 Å². The molecule has 0 spiro atoms. The second kappa shape index (κ2) is 12.7. The molecule has 0 heterocycles. The molecule has 0 bridgehead atoms. The van der Waals surface area contributed by atoms with Crippen LogP contribution in [0.5, 0.6) is 17.2 Å². The van der Waals surface area contributed by atoms with Gasteiger partial charge in [-0.2, -0.15) is 0 Å².